The molecule has 2 heterocycles. The van der Waals surface area contributed by atoms with Crippen molar-refractivity contribution in [2.45, 2.75) is 18.9 Å². The van der Waals surface area contributed by atoms with E-state index in [1.54, 1.807) is 5.32 Å². The zero-order valence-corrected chi connectivity index (χ0v) is 16.8. The molecule has 1 aromatic carbocycles. The Bertz CT molecular complexity index is 1200. The van der Waals surface area contributed by atoms with E-state index < -0.39 is 60.2 Å². The van der Waals surface area contributed by atoms with Crippen LogP contribution in [0.5, 0.6) is 0 Å². The molecular formula is C20H15F4N5O4. The summed E-state index contributed by atoms with van der Waals surface area (Å²) >= 11 is 0. The molecule has 0 unspecified atom stereocenters. The van der Waals surface area contributed by atoms with Crippen LogP contribution in [0.2, 0.25) is 0 Å². The molecule has 0 spiro atoms. The average molecular weight is 465 g/mol. The Morgan fingerprint density at radius 1 is 1.27 bits per heavy atom. The van der Waals surface area contributed by atoms with Crippen LogP contribution < -0.4 is 10.6 Å². The SMILES string of the molecule is Cc1cc(C#N)cnc1C(=O)Nc1cc(F)c(F)c([C@]2(C(F)F)COCC(NC(=O)O)=N2)c1. The first-order valence-electron chi connectivity index (χ1n) is 9.19. The van der Waals surface area contributed by atoms with E-state index in [2.05, 4.69) is 15.3 Å². The van der Waals surface area contributed by atoms with Crippen LogP contribution in [0.15, 0.2) is 29.4 Å². The number of amidine groups is 1. The molecule has 2 aromatic rings. The van der Waals surface area contributed by atoms with Crippen LogP contribution in [0.3, 0.4) is 0 Å². The molecule has 2 amide bonds. The van der Waals surface area contributed by atoms with Crippen LogP contribution in [0.4, 0.5) is 28.0 Å². The van der Waals surface area contributed by atoms with E-state index in [1.807, 2.05) is 6.07 Å². The molecule has 0 radical (unpaired) electrons. The molecule has 1 aliphatic rings. The number of alkyl halides is 2. The van der Waals surface area contributed by atoms with Gasteiger partial charge in [-0.25, -0.2) is 32.3 Å². The zero-order chi connectivity index (χ0) is 24.3. The van der Waals surface area contributed by atoms with Crippen LogP contribution in [0.25, 0.3) is 0 Å². The van der Waals surface area contributed by atoms with Gasteiger partial charge in [0.25, 0.3) is 12.3 Å². The number of nitrogens with one attached hydrogen (secondary N) is 2. The van der Waals surface area contributed by atoms with Crippen molar-refractivity contribution in [3.05, 3.63) is 58.4 Å². The van der Waals surface area contributed by atoms with Gasteiger partial charge < -0.3 is 15.2 Å². The van der Waals surface area contributed by atoms with Crippen molar-refractivity contribution in [1.82, 2.24) is 10.3 Å². The molecule has 1 atom stereocenters. The Kier molecular flexibility index (Phi) is 6.59. The predicted octanol–water partition coefficient (Wildman–Crippen LogP) is 2.95. The third-order valence-corrected chi connectivity index (χ3v) is 4.68. The average Bonchev–Trinajstić information content (AvgIpc) is 2.75. The maximum absolute atomic E-state index is 14.6. The minimum atomic E-state index is -3.43. The van der Waals surface area contributed by atoms with Crippen molar-refractivity contribution < 1.29 is 37.0 Å². The fourth-order valence-corrected chi connectivity index (χ4v) is 3.20. The van der Waals surface area contributed by atoms with Crippen molar-refractivity contribution in [3.63, 3.8) is 0 Å². The third-order valence-electron chi connectivity index (χ3n) is 4.68. The number of benzene rings is 1. The van der Waals surface area contributed by atoms with E-state index in [9.17, 15) is 27.2 Å². The lowest BCUT2D eigenvalue weighted by Crippen LogP contribution is -2.47. The second kappa shape index (κ2) is 9.21. The highest BCUT2D eigenvalue weighted by atomic mass is 19.3. The molecule has 0 aliphatic carbocycles. The van der Waals surface area contributed by atoms with Gasteiger partial charge in [0.05, 0.1) is 12.2 Å². The number of ether oxygens (including phenoxy) is 1. The Hall–Kier alpha value is -4.05. The van der Waals surface area contributed by atoms with Gasteiger partial charge in [0.2, 0.25) is 0 Å². The fraction of sp³-hybridized carbons (Fsp3) is 0.250. The number of hydrogen-bond donors (Lipinski definition) is 3. The Morgan fingerprint density at radius 3 is 2.61 bits per heavy atom. The van der Waals surface area contributed by atoms with E-state index in [1.165, 1.54) is 13.0 Å². The van der Waals surface area contributed by atoms with Gasteiger partial charge in [0.1, 0.15) is 24.2 Å². The van der Waals surface area contributed by atoms with Crippen LogP contribution in [0.1, 0.15) is 27.2 Å². The number of carbonyl (C=O) groups is 2. The molecule has 0 saturated carbocycles. The second-order valence-electron chi connectivity index (χ2n) is 6.98. The minimum Gasteiger partial charge on any atom is -0.465 e. The van der Waals surface area contributed by atoms with Crippen molar-refractivity contribution in [3.8, 4) is 6.07 Å². The number of rotatable bonds is 4. The van der Waals surface area contributed by atoms with E-state index in [4.69, 9.17) is 15.1 Å². The second-order valence-corrected chi connectivity index (χ2v) is 6.98. The number of nitrogens with zero attached hydrogens (tertiary/aromatic N) is 3. The van der Waals surface area contributed by atoms with E-state index in [0.717, 1.165) is 12.3 Å². The molecular weight excluding hydrogens is 450 g/mol. The number of aliphatic imine (C=N–C) groups is 1. The van der Waals surface area contributed by atoms with Crippen molar-refractivity contribution in [1.29, 1.82) is 5.26 Å². The minimum absolute atomic E-state index is 0.129. The number of aryl methyl sites for hydroxylation is 1. The highest BCUT2D eigenvalue weighted by Crippen LogP contribution is 2.39. The van der Waals surface area contributed by atoms with Gasteiger partial charge in [0, 0.05) is 23.5 Å². The zero-order valence-electron chi connectivity index (χ0n) is 16.8. The maximum Gasteiger partial charge on any atom is 0.410 e. The monoisotopic (exact) mass is 465 g/mol. The number of hydrogen-bond acceptors (Lipinski definition) is 6. The molecule has 172 valence electrons. The quantitative estimate of drug-likeness (QED) is 0.594. The van der Waals surface area contributed by atoms with Gasteiger partial charge in [-0.05, 0) is 24.6 Å². The summed E-state index contributed by atoms with van der Waals surface area (Å²) < 4.78 is 62.2. The van der Waals surface area contributed by atoms with E-state index >= 15 is 0 Å². The largest absolute Gasteiger partial charge is 0.465 e. The molecule has 33 heavy (non-hydrogen) atoms. The van der Waals surface area contributed by atoms with Gasteiger partial charge in [-0.2, -0.15) is 5.26 Å². The predicted molar refractivity (Wildman–Crippen MR) is 105 cm³/mol. The first kappa shape index (κ1) is 23.6. The van der Waals surface area contributed by atoms with Gasteiger partial charge in [-0.15, -0.1) is 0 Å². The van der Waals surface area contributed by atoms with Crippen LogP contribution in [0, 0.1) is 29.9 Å². The molecule has 0 saturated heterocycles. The number of carbonyl (C=O) groups excluding carboxylic acids is 1. The first-order valence-corrected chi connectivity index (χ1v) is 9.19. The van der Waals surface area contributed by atoms with Gasteiger partial charge in [0.15, 0.2) is 17.2 Å². The molecule has 0 bridgehead atoms. The van der Waals surface area contributed by atoms with Crippen molar-refractivity contribution in [2.75, 3.05) is 18.5 Å². The summed E-state index contributed by atoms with van der Waals surface area (Å²) in [5, 5.41) is 21.7. The molecule has 9 nitrogen and oxygen atoms in total. The molecule has 3 rings (SSSR count). The lowest BCUT2D eigenvalue weighted by atomic mass is 9.89. The number of aromatic nitrogens is 1. The lowest BCUT2D eigenvalue weighted by molar-refractivity contribution is -0.0154. The normalized spacial score (nSPS) is 17.8. The highest BCUT2D eigenvalue weighted by Gasteiger charge is 2.47. The maximum atomic E-state index is 14.6. The fourth-order valence-electron chi connectivity index (χ4n) is 3.20. The first-order chi connectivity index (χ1) is 15.6. The number of halogens is 4. The topological polar surface area (TPSA) is 137 Å². The Labute approximate surface area is 183 Å². The summed E-state index contributed by atoms with van der Waals surface area (Å²) in [7, 11) is 0. The summed E-state index contributed by atoms with van der Waals surface area (Å²) in [5.41, 5.74) is -3.72. The molecule has 1 aromatic heterocycles. The summed E-state index contributed by atoms with van der Waals surface area (Å²) in [4.78, 5) is 30.9. The number of nitriles is 1. The summed E-state index contributed by atoms with van der Waals surface area (Å²) in [6.07, 6.45) is -3.90. The Morgan fingerprint density at radius 2 is 2.00 bits per heavy atom. The molecule has 1 aliphatic heterocycles. The van der Waals surface area contributed by atoms with E-state index in [-0.39, 0.29) is 16.9 Å². The lowest BCUT2D eigenvalue weighted by Gasteiger charge is -2.34. The van der Waals surface area contributed by atoms with Crippen LogP contribution in [-0.2, 0) is 10.3 Å². The Balaban J connectivity index is 2.04. The summed E-state index contributed by atoms with van der Waals surface area (Å²) in [6, 6.07) is 4.58. The molecule has 13 heteroatoms. The van der Waals surface area contributed by atoms with Gasteiger partial charge in [-0.1, -0.05) is 0 Å². The van der Waals surface area contributed by atoms with Crippen molar-refractivity contribution in [2.24, 2.45) is 4.99 Å². The molecule has 0 fully saturated rings. The summed E-state index contributed by atoms with van der Waals surface area (Å²) in [6.45, 7) is 0.153. The van der Waals surface area contributed by atoms with Crippen LogP contribution >= 0.6 is 0 Å². The molecule has 3 N–H and O–H groups in total. The van der Waals surface area contributed by atoms with E-state index in [0.29, 0.717) is 11.6 Å². The number of anilines is 1. The number of pyridine rings is 1. The number of carboxylic acid groups (broad SMARTS) is 1. The smallest absolute Gasteiger partial charge is 0.410 e. The highest BCUT2D eigenvalue weighted by molar-refractivity contribution is 6.04. The number of amides is 2. The van der Waals surface area contributed by atoms with Gasteiger partial charge in [-0.3, -0.25) is 10.1 Å². The van der Waals surface area contributed by atoms with Crippen LogP contribution in [-0.4, -0.2) is 47.6 Å². The third kappa shape index (κ3) is 4.75. The van der Waals surface area contributed by atoms with Crippen molar-refractivity contribution >= 4 is 23.5 Å². The van der Waals surface area contributed by atoms with Gasteiger partial charge >= 0.3 is 6.09 Å². The summed E-state index contributed by atoms with van der Waals surface area (Å²) in [5.74, 6) is -4.61. The standard InChI is InChI=1S/C20H15F4N5O4/c1-9-2-10(5-25)6-26-16(9)17(30)27-11-3-12(15(22)13(21)4-11)20(18(23)24)8-33-7-14(29-20)28-19(31)32/h2-4,6,18H,7-8H2,1H3,(H,27,30)(H,28,29)(H,31,32)/t20-/m0/s1.